The summed E-state index contributed by atoms with van der Waals surface area (Å²) in [5.41, 5.74) is 1.27. The van der Waals surface area contributed by atoms with Crippen LogP contribution in [-0.4, -0.2) is 34.6 Å². The van der Waals surface area contributed by atoms with Gasteiger partial charge in [0, 0.05) is 10.6 Å². The lowest BCUT2D eigenvalue weighted by molar-refractivity contribution is 0.0520. The van der Waals surface area contributed by atoms with Gasteiger partial charge in [-0.25, -0.2) is 4.79 Å². The van der Waals surface area contributed by atoms with Gasteiger partial charge in [-0.2, -0.15) is 0 Å². The number of H-pyrrole nitrogens is 1. The number of benzene rings is 1. The second-order valence-electron chi connectivity index (χ2n) is 5.19. The van der Waals surface area contributed by atoms with Crippen LogP contribution in [0.15, 0.2) is 18.2 Å². The van der Waals surface area contributed by atoms with Gasteiger partial charge in [-0.15, -0.1) is 5.10 Å². The molecule has 0 atom stereocenters. The topological polar surface area (TPSA) is 77.1 Å². The number of hydrogen-bond acceptors (Lipinski definition) is 5. The van der Waals surface area contributed by atoms with Gasteiger partial charge in [0.15, 0.2) is 5.69 Å². The Labute approximate surface area is 132 Å². The number of carbonyl (C=O) groups is 1. The molecule has 2 aromatic rings. The predicted octanol–water partition coefficient (Wildman–Crippen LogP) is 3.09. The van der Waals surface area contributed by atoms with E-state index in [1.54, 1.807) is 25.1 Å². The van der Waals surface area contributed by atoms with Crippen LogP contribution in [0.2, 0.25) is 5.02 Å². The van der Waals surface area contributed by atoms with Crippen molar-refractivity contribution in [3.63, 3.8) is 0 Å². The summed E-state index contributed by atoms with van der Waals surface area (Å²) in [6.45, 7) is 2.70. The standard InChI is InChI=1S/C15H16ClN3O3/c1-2-21-15(20)14-13(17-19-18-14)10-5-11(16)7-12(6-10)22-8-9-3-4-9/h5-7,9H,2-4,8H2,1H3,(H,17,18,19). The maximum atomic E-state index is 11.9. The van der Waals surface area contributed by atoms with E-state index < -0.39 is 5.97 Å². The Hall–Kier alpha value is -2.08. The van der Waals surface area contributed by atoms with Crippen LogP contribution in [0.5, 0.6) is 5.75 Å². The highest BCUT2D eigenvalue weighted by molar-refractivity contribution is 6.31. The van der Waals surface area contributed by atoms with E-state index in [1.807, 2.05) is 0 Å². The zero-order chi connectivity index (χ0) is 15.5. The third-order valence-electron chi connectivity index (χ3n) is 3.36. The van der Waals surface area contributed by atoms with Crippen molar-refractivity contribution < 1.29 is 14.3 Å². The smallest absolute Gasteiger partial charge is 0.358 e. The molecule has 0 aliphatic heterocycles. The van der Waals surface area contributed by atoms with Gasteiger partial charge in [0.05, 0.1) is 13.2 Å². The van der Waals surface area contributed by atoms with E-state index in [0.717, 1.165) is 0 Å². The number of nitrogens with zero attached hydrogens (tertiary/aromatic N) is 2. The average molecular weight is 322 g/mol. The molecule has 1 aromatic carbocycles. The average Bonchev–Trinajstić information content (AvgIpc) is 3.18. The highest BCUT2D eigenvalue weighted by atomic mass is 35.5. The van der Waals surface area contributed by atoms with Crippen molar-refractivity contribution in [3.8, 4) is 17.0 Å². The van der Waals surface area contributed by atoms with Crippen molar-refractivity contribution in [1.82, 2.24) is 15.4 Å². The van der Waals surface area contributed by atoms with Crippen molar-refractivity contribution in [2.75, 3.05) is 13.2 Å². The molecule has 1 aliphatic carbocycles. The minimum atomic E-state index is -0.497. The molecule has 0 radical (unpaired) electrons. The highest BCUT2D eigenvalue weighted by Gasteiger charge is 2.23. The SMILES string of the molecule is CCOC(=O)c1[nH]nnc1-c1cc(Cl)cc(OCC2CC2)c1. The molecule has 0 saturated heterocycles. The van der Waals surface area contributed by atoms with Crippen LogP contribution < -0.4 is 4.74 Å². The van der Waals surface area contributed by atoms with Crippen LogP contribution in [0, 0.1) is 5.92 Å². The van der Waals surface area contributed by atoms with Crippen molar-refractivity contribution in [3.05, 3.63) is 28.9 Å². The van der Waals surface area contributed by atoms with Crippen molar-refractivity contribution in [2.24, 2.45) is 5.92 Å². The van der Waals surface area contributed by atoms with E-state index in [2.05, 4.69) is 15.4 Å². The van der Waals surface area contributed by atoms with E-state index in [9.17, 15) is 4.79 Å². The zero-order valence-corrected chi connectivity index (χ0v) is 12.9. The molecule has 0 bridgehead atoms. The Kier molecular flexibility index (Phi) is 4.29. The molecule has 0 spiro atoms. The van der Waals surface area contributed by atoms with Gasteiger partial charge in [0.2, 0.25) is 0 Å². The molecule has 116 valence electrons. The first-order chi connectivity index (χ1) is 10.7. The van der Waals surface area contributed by atoms with Crippen LogP contribution in [0.1, 0.15) is 30.3 Å². The summed E-state index contributed by atoms with van der Waals surface area (Å²) in [6.07, 6.45) is 2.42. The van der Waals surface area contributed by atoms with Gasteiger partial charge in [-0.05, 0) is 43.9 Å². The molecule has 6 nitrogen and oxygen atoms in total. The molecule has 22 heavy (non-hydrogen) atoms. The summed E-state index contributed by atoms with van der Waals surface area (Å²) in [7, 11) is 0. The fourth-order valence-corrected chi connectivity index (χ4v) is 2.28. The molecule has 1 N–H and O–H groups in total. The van der Waals surface area contributed by atoms with Gasteiger partial charge in [0.1, 0.15) is 11.4 Å². The second kappa shape index (κ2) is 6.36. The third kappa shape index (κ3) is 3.39. The van der Waals surface area contributed by atoms with E-state index in [0.29, 0.717) is 34.6 Å². The molecule has 1 saturated carbocycles. The first-order valence-electron chi connectivity index (χ1n) is 7.19. The number of hydrogen-bond donors (Lipinski definition) is 1. The summed E-state index contributed by atoms with van der Waals surface area (Å²) in [5.74, 6) is 0.805. The molecular weight excluding hydrogens is 306 g/mol. The Bertz CT molecular complexity index is 682. The molecule has 1 heterocycles. The minimum absolute atomic E-state index is 0.206. The number of esters is 1. The Morgan fingerprint density at radius 1 is 1.41 bits per heavy atom. The van der Waals surface area contributed by atoms with Crippen LogP contribution in [0.3, 0.4) is 0 Å². The van der Waals surface area contributed by atoms with E-state index in [-0.39, 0.29) is 12.3 Å². The van der Waals surface area contributed by atoms with Crippen LogP contribution in [0.25, 0.3) is 11.3 Å². The first kappa shape index (κ1) is 14.8. The fraction of sp³-hybridized carbons (Fsp3) is 0.400. The van der Waals surface area contributed by atoms with Gasteiger partial charge >= 0.3 is 5.97 Å². The van der Waals surface area contributed by atoms with Gasteiger partial charge < -0.3 is 9.47 Å². The summed E-state index contributed by atoms with van der Waals surface area (Å²) >= 11 is 6.14. The maximum absolute atomic E-state index is 11.9. The summed E-state index contributed by atoms with van der Waals surface area (Å²) in [4.78, 5) is 11.9. The zero-order valence-electron chi connectivity index (χ0n) is 12.1. The van der Waals surface area contributed by atoms with Crippen molar-refractivity contribution in [1.29, 1.82) is 0 Å². The second-order valence-corrected chi connectivity index (χ2v) is 5.62. The number of carbonyl (C=O) groups excluding carboxylic acids is 1. The molecule has 7 heteroatoms. The molecule has 0 amide bonds. The number of ether oxygens (including phenoxy) is 2. The maximum Gasteiger partial charge on any atom is 0.358 e. The van der Waals surface area contributed by atoms with E-state index in [1.165, 1.54) is 12.8 Å². The summed E-state index contributed by atoms with van der Waals surface area (Å²) in [5, 5.41) is 10.7. The van der Waals surface area contributed by atoms with E-state index in [4.69, 9.17) is 21.1 Å². The number of aromatic nitrogens is 3. The van der Waals surface area contributed by atoms with Gasteiger partial charge in [0.25, 0.3) is 0 Å². The molecule has 1 fully saturated rings. The summed E-state index contributed by atoms with van der Waals surface area (Å²) in [6, 6.07) is 5.26. The molecule has 1 aromatic heterocycles. The fourth-order valence-electron chi connectivity index (χ4n) is 2.06. The van der Waals surface area contributed by atoms with Crippen LogP contribution in [0.4, 0.5) is 0 Å². The molecule has 1 aliphatic rings. The number of rotatable bonds is 6. The first-order valence-corrected chi connectivity index (χ1v) is 7.57. The lowest BCUT2D eigenvalue weighted by atomic mass is 10.1. The Morgan fingerprint density at radius 2 is 2.23 bits per heavy atom. The summed E-state index contributed by atoms with van der Waals surface area (Å²) < 4.78 is 10.7. The van der Waals surface area contributed by atoms with Crippen LogP contribution in [-0.2, 0) is 4.74 Å². The van der Waals surface area contributed by atoms with Crippen LogP contribution >= 0.6 is 11.6 Å². The lowest BCUT2D eigenvalue weighted by Gasteiger charge is -2.08. The number of nitrogens with one attached hydrogen (secondary N) is 1. The monoisotopic (exact) mass is 321 g/mol. The lowest BCUT2D eigenvalue weighted by Crippen LogP contribution is -2.07. The Balaban J connectivity index is 1.87. The van der Waals surface area contributed by atoms with Gasteiger partial charge in [-0.1, -0.05) is 16.8 Å². The van der Waals surface area contributed by atoms with Gasteiger partial charge in [-0.3, -0.25) is 5.10 Å². The largest absolute Gasteiger partial charge is 0.493 e. The normalized spacial score (nSPS) is 13.9. The van der Waals surface area contributed by atoms with Crippen molar-refractivity contribution >= 4 is 17.6 Å². The quantitative estimate of drug-likeness (QED) is 0.827. The highest BCUT2D eigenvalue weighted by Crippen LogP contribution is 2.32. The minimum Gasteiger partial charge on any atom is -0.493 e. The van der Waals surface area contributed by atoms with Crippen molar-refractivity contribution in [2.45, 2.75) is 19.8 Å². The van der Waals surface area contributed by atoms with E-state index >= 15 is 0 Å². The third-order valence-corrected chi connectivity index (χ3v) is 3.57. The predicted molar refractivity (Wildman–Crippen MR) is 81.0 cm³/mol. The molecular formula is C15H16ClN3O3. The Morgan fingerprint density at radius 3 is 2.95 bits per heavy atom. The molecule has 0 unspecified atom stereocenters. The number of halogens is 1. The molecule has 3 rings (SSSR count). The number of aromatic amines is 1.